The zero-order valence-electron chi connectivity index (χ0n) is 12.4. The van der Waals surface area contributed by atoms with Crippen LogP contribution in [0.3, 0.4) is 0 Å². The first-order chi connectivity index (χ1) is 11.6. The van der Waals surface area contributed by atoms with E-state index in [9.17, 15) is 9.18 Å². The highest BCUT2D eigenvalue weighted by molar-refractivity contribution is 6.30. The molecule has 0 atom stereocenters. The lowest BCUT2D eigenvalue weighted by Gasteiger charge is -2.05. The molecule has 0 bridgehead atoms. The third kappa shape index (κ3) is 3.94. The number of benzene rings is 1. The Kier molecular flexibility index (Phi) is 4.81. The molecule has 2 aromatic heterocycles. The first-order valence-electron chi connectivity index (χ1n) is 7.10. The molecule has 0 aliphatic rings. The molecule has 3 aromatic rings. The van der Waals surface area contributed by atoms with Gasteiger partial charge in [0.1, 0.15) is 5.82 Å². The Balaban J connectivity index is 1.58. The first-order valence-corrected chi connectivity index (χ1v) is 7.47. The fraction of sp³-hybridized carbons (Fsp3) is 0.125. The summed E-state index contributed by atoms with van der Waals surface area (Å²) in [6, 6.07) is 7.55. The Morgan fingerprint density at radius 2 is 2.04 bits per heavy atom. The minimum absolute atomic E-state index is 0.0763. The van der Waals surface area contributed by atoms with Crippen molar-refractivity contribution in [2.45, 2.75) is 12.8 Å². The van der Waals surface area contributed by atoms with Crippen LogP contribution in [0.1, 0.15) is 12.3 Å². The zero-order valence-corrected chi connectivity index (χ0v) is 13.1. The van der Waals surface area contributed by atoms with Crippen molar-refractivity contribution in [3.63, 3.8) is 0 Å². The number of pyridine rings is 1. The highest BCUT2D eigenvalue weighted by Gasteiger charge is 2.12. The molecule has 0 spiro atoms. The van der Waals surface area contributed by atoms with E-state index in [2.05, 4.69) is 20.4 Å². The molecule has 0 unspecified atom stereocenters. The van der Waals surface area contributed by atoms with Crippen molar-refractivity contribution in [3.05, 3.63) is 59.5 Å². The molecular weight excluding hydrogens is 335 g/mol. The minimum Gasteiger partial charge on any atom is -0.339 e. The Bertz CT molecular complexity index is 854. The van der Waals surface area contributed by atoms with Crippen LogP contribution in [0.25, 0.3) is 11.4 Å². The van der Waals surface area contributed by atoms with Crippen LogP contribution in [0, 0.1) is 5.82 Å². The van der Waals surface area contributed by atoms with Crippen molar-refractivity contribution in [2.75, 3.05) is 5.32 Å². The van der Waals surface area contributed by atoms with Crippen molar-refractivity contribution in [3.8, 4) is 11.4 Å². The van der Waals surface area contributed by atoms with Gasteiger partial charge in [-0.25, -0.2) is 4.39 Å². The zero-order chi connectivity index (χ0) is 16.9. The number of nitrogens with one attached hydrogen (secondary N) is 1. The summed E-state index contributed by atoms with van der Waals surface area (Å²) in [6.45, 7) is 0. The van der Waals surface area contributed by atoms with Crippen LogP contribution >= 0.6 is 11.6 Å². The van der Waals surface area contributed by atoms with Crippen molar-refractivity contribution in [2.24, 2.45) is 0 Å². The lowest BCUT2D eigenvalue weighted by molar-refractivity contribution is -0.116. The molecule has 1 N–H and O–H groups in total. The van der Waals surface area contributed by atoms with Gasteiger partial charge in [0.25, 0.3) is 0 Å². The van der Waals surface area contributed by atoms with Gasteiger partial charge >= 0.3 is 0 Å². The third-order valence-electron chi connectivity index (χ3n) is 3.18. The van der Waals surface area contributed by atoms with Crippen LogP contribution in [0.15, 0.2) is 47.2 Å². The average Bonchev–Trinajstić information content (AvgIpc) is 3.05. The highest BCUT2D eigenvalue weighted by atomic mass is 35.5. The Morgan fingerprint density at radius 1 is 1.25 bits per heavy atom. The van der Waals surface area contributed by atoms with Gasteiger partial charge in [0.15, 0.2) is 0 Å². The second-order valence-corrected chi connectivity index (χ2v) is 5.36. The molecule has 0 aliphatic heterocycles. The average molecular weight is 347 g/mol. The SMILES string of the molecule is O=C(CCc1nc(-c2ccncc2)no1)Nc1ccc(Cl)cc1F. The monoisotopic (exact) mass is 346 g/mol. The maximum atomic E-state index is 13.6. The normalized spacial score (nSPS) is 10.6. The number of aryl methyl sites for hydroxylation is 1. The smallest absolute Gasteiger partial charge is 0.227 e. The topological polar surface area (TPSA) is 80.9 Å². The molecule has 122 valence electrons. The van der Waals surface area contributed by atoms with Crippen LogP contribution in [0.4, 0.5) is 10.1 Å². The van der Waals surface area contributed by atoms with E-state index in [0.717, 1.165) is 11.6 Å². The molecule has 1 amide bonds. The molecule has 24 heavy (non-hydrogen) atoms. The van der Waals surface area contributed by atoms with Crippen molar-refractivity contribution >= 4 is 23.2 Å². The Hall–Kier alpha value is -2.80. The van der Waals surface area contributed by atoms with Gasteiger partial charge in [0, 0.05) is 35.8 Å². The van der Waals surface area contributed by atoms with Gasteiger partial charge in [0.2, 0.25) is 17.6 Å². The number of hydrogen-bond acceptors (Lipinski definition) is 5. The van der Waals surface area contributed by atoms with Crippen LogP contribution in [0.2, 0.25) is 5.02 Å². The third-order valence-corrected chi connectivity index (χ3v) is 3.41. The van der Waals surface area contributed by atoms with Crippen LogP contribution < -0.4 is 5.32 Å². The summed E-state index contributed by atoms with van der Waals surface area (Å²) in [5.74, 6) is -0.196. The number of amides is 1. The second-order valence-electron chi connectivity index (χ2n) is 4.92. The summed E-state index contributed by atoms with van der Waals surface area (Å²) in [4.78, 5) is 20.0. The number of aromatic nitrogens is 3. The summed E-state index contributed by atoms with van der Waals surface area (Å²) in [6.07, 6.45) is 3.58. The van der Waals surface area contributed by atoms with E-state index >= 15 is 0 Å². The molecule has 0 aliphatic carbocycles. The molecule has 0 saturated carbocycles. The van der Waals surface area contributed by atoms with E-state index in [1.165, 1.54) is 12.1 Å². The summed E-state index contributed by atoms with van der Waals surface area (Å²) in [5, 5.41) is 6.59. The summed E-state index contributed by atoms with van der Waals surface area (Å²) in [5.41, 5.74) is 0.847. The molecule has 1 aromatic carbocycles. The molecule has 3 rings (SSSR count). The number of rotatable bonds is 5. The molecule has 6 nitrogen and oxygen atoms in total. The first kappa shape index (κ1) is 16.1. The van der Waals surface area contributed by atoms with Crippen molar-refractivity contribution in [1.82, 2.24) is 15.1 Å². The maximum Gasteiger partial charge on any atom is 0.227 e. The summed E-state index contributed by atoms with van der Waals surface area (Å²) < 4.78 is 18.7. The van der Waals surface area contributed by atoms with E-state index in [1.54, 1.807) is 24.5 Å². The maximum absolute atomic E-state index is 13.6. The predicted molar refractivity (Wildman–Crippen MR) is 85.9 cm³/mol. The second kappa shape index (κ2) is 7.18. The van der Waals surface area contributed by atoms with E-state index < -0.39 is 5.82 Å². The number of carbonyl (C=O) groups excluding carboxylic acids is 1. The van der Waals surface area contributed by atoms with Crippen LogP contribution in [-0.4, -0.2) is 21.0 Å². The number of anilines is 1. The largest absolute Gasteiger partial charge is 0.339 e. The van der Waals surface area contributed by atoms with Gasteiger partial charge in [-0.2, -0.15) is 4.98 Å². The molecule has 8 heteroatoms. The molecule has 2 heterocycles. The summed E-state index contributed by atoms with van der Waals surface area (Å²) in [7, 11) is 0. The predicted octanol–water partition coefficient (Wildman–Crippen LogP) is 3.50. The van der Waals surface area contributed by atoms with Gasteiger partial charge in [-0.05, 0) is 30.3 Å². The van der Waals surface area contributed by atoms with Crippen molar-refractivity contribution in [1.29, 1.82) is 0 Å². The Labute approximate surface area is 141 Å². The van der Waals surface area contributed by atoms with Crippen LogP contribution in [-0.2, 0) is 11.2 Å². The van der Waals surface area contributed by atoms with Crippen molar-refractivity contribution < 1.29 is 13.7 Å². The lowest BCUT2D eigenvalue weighted by atomic mass is 10.2. The fourth-order valence-electron chi connectivity index (χ4n) is 2.00. The quantitative estimate of drug-likeness (QED) is 0.764. The summed E-state index contributed by atoms with van der Waals surface area (Å²) >= 11 is 5.66. The standard InChI is InChI=1S/C16H12ClFN4O2/c17-11-1-2-13(12(18)9-11)20-14(23)3-4-15-21-16(22-24-15)10-5-7-19-8-6-10/h1-2,5-9H,3-4H2,(H,20,23). The Morgan fingerprint density at radius 3 is 2.79 bits per heavy atom. The minimum atomic E-state index is -0.589. The van der Waals surface area contributed by atoms with Gasteiger partial charge in [-0.15, -0.1) is 0 Å². The fourth-order valence-corrected chi connectivity index (χ4v) is 2.16. The van der Waals surface area contributed by atoms with Gasteiger partial charge < -0.3 is 9.84 Å². The molecule has 0 saturated heterocycles. The van der Waals surface area contributed by atoms with Crippen LogP contribution in [0.5, 0.6) is 0 Å². The van der Waals surface area contributed by atoms with E-state index in [0.29, 0.717) is 11.7 Å². The number of hydrogen-bond donors (Lipinski definition) is 1. The van der Waals surface area contributed by atoms with Gasteiger partial charge in [-0.3, -0.25) is 9.78 Å². The molecular formula is C16H12ClFN4O2. The van der Waals surface area contributed by atoms with E-state index in [-0.39, 0.29) is 29.5 Å². The van der Waals surface area contributed by atoms with E-state index in [4.69, 9.17) is 16.1 Å². The van der Waals surface area contributed by atoms with Gasteiger partial charge in [0.05, 0.1) is 5.69 Å². The number of nitrogens with zero attached hydrogens (tertiary/aromatic N) is 3. The highest BCUT2D eigenvalue weighted by Crippen LogP contribution is 2.19. The van der Waals surface area contributed by atoms with Gasteiger partial charge in [-0.1, -0.05) is 16.8 Å². The number of carbonyl (C=O) groups is 1. The molecule has 0 radical (unpaired) electrons. The molecule has 0 fully saturated rings. The lowest BCUT2D eigenvalue weighted by Crippen LogP contribution is -2.13. The number of halogens is 2. The van der Waals surface area contributed by atoms with E-state index in [1.807, 2.05) is 0 Å².